The fraction of sp³-hybridized carbons (Fsp3) is 0.898. The lowest BCUT2D eigenvalue weighted by molar-refractivity contribution is -0.870. The van der Waals surface area contributed by atoms with Crippen LogP contribution >= 0.6 is 7.82 Å². The fourth-order valence-electron chi connectivity index (χ4n) is 8.63. The van der Waals surface area contributed by atoms with Crippen LogP contribution in [0.15, 0.2) is 24.3 Å². The monoisotopic (exact) mass is 996 g/mol. The normalized spacial score (nSPS) is 13.4. The molecule has 0 spiro atoms. The van der Waals surface area contributed by atoms with Crippen LogP contribution < -0.4 is 4.89 Å². The summed E-state index contributed by atoms with van der Waals surface area (Å²) in [6.45, 7) is 4.25. The molecule has 0 saturated heterocycles. The Morgan fingerprint density at radius 2 is 0.783 bits per heavy atom. The highest BCUT2D eigenvalue weighted by Crippen LogP contribution is 2.38. The quantitative estimate of drug-likeness (QED) is 0.0195. The van der Waals surface area contributed by atoms with E-state index in [-0.39, 0.29) is 32.0 Å². The molecule has 0 saturated carbocycles. The van der Waals surface area contributed by atoms with Gasteiger partial charge in [-0.25, -0.2) is 0 Å². The third kappa shape index (κ3) is 55.7. The summed E-state index contributed by atoms with van der Waals surface area (Å²) in [5, 5.41) is 0. The van der Waals surface area contributed by atoms with Crippen molar-refractivity contribution in [1.82, 2.24) is 0 Å². The Morgan fingerprint density at radius 1 is 0.449 bits per heavy atom. The number of hydrogen-bond donors (Lipinski definition) is 0. The molecule has 0 rings (SSSR count). The zero-order valence-corrected chi connectivity index (χ0v) is 47.2. The van der Waals surface area contributed by atoms with Crippen LogP contribution in [0, 0.1) is 0 Å². The molecule has 0 heterocycles. The number of ether oxygens (including phenoxy) is 2. The summed E-state index contributed by atoms with van der Waals surface area (Å²) in [4.78, 5) is 37.8. The number of quaternary nitrogens is 1. The van der Waals surface area contributed by atoms with Gasteiger partial charge in [0.1, 0.15) is 19.8 Å². The maximum Gasteiger partial charge on any atom is 0.306 e. The van der Waals surface area contributed by atoms with Gasteiger partial charge in [-0.1, -0.05) is 256 Å². The van der Waals surface area contributed by atoms with Gasteiger partial charge >= 0.3 is 11.9 Å². The van der Waals surface area contributed by atoms with Crippen molar-refractivity contribution in [1.29, 1.82) is 0 Å². The van der Waals surface area contributed by atoms with Crippen molar-refractivity contribution in [3.05, 3.63) is 24.3 Å². The smallest absolute Gasteiger partial charge is 0.306 e. The van der Waals surface area contributed by atoms with Crippen LogP contribution in [-0.4, -0.2) is 70.0 Å². The lowest BCUT2D eigenvalue weighted by Crippen LogP contribution is -2.37. The fourth-order valence-corrected chi connectivity index (χ4v) is 9.36. The first-order chi connectivity index (χ1) is 33.5. The molecule has 0 aliphatic rings. The minimum absolute atomic E-state index is 0.0302. The molecule has 408 valence electrons. The average Bonchev–Trinajstić information content (AvgIpc) is 3.31. The van der Waals surface area contributed by atoms with Gasteiger partial charge in [-0.3, -0.25) is 14.2 Å². The molecule has 0 N–H and O–H groups in total. The lowest BCUT2D eigenvalue weighted by atomic mass is 10.0. The minimum Gasteiger partial charge on any atom is -0.756 e. The van der Waals surface area contributed by atoms with Gasteiger partial charge in [0.05, 0.1) is 27.7 Å². The average molecular weight is 997 g/mol. The first kappa shape index (κ1) is 67.5. The van der Waals surface area contributed by atoms with Gasteiger partial charge in [0.25, 0.3) is 7.82 Å². The van der Waals surface area contributed by atoms with Crippen LogP contribution in [0.3, 0.4) is 0 Å². The number of carbonyl (C=O) groups is 2. The molecule has 0 aliphatic heterocycles. The molecule has 0 aromatic heterocycles. The number of nitrogens with zero attached hydrogens (tertiary/aromatic N) is 1. The zero-order valence-electron chi connectivity index (χ0n) is 46.3. The zero-order chi connectivity index (χ0) is 50.6. The number of hydrogen-bond acceptors (Lipinski definition) is 8. The first-order valence-corrected chi connectivity index (χ1v) is 31.0. The number of allylic oxidation sites excluding steroid dienone is 4. The van der Waals surface area contributed by atoms with E-state index in [4.69, 9.17) is 18.5 Å². The van der Waals surface area contributed by atoms with Gasteiger partial charge in [-0.2, -0.15) is 0 Å². The second kappa shape index (κ2) is 51.4. The van der Waals surface area contributed by atoms with Crippen LogP contribution in [0.4, 0.5) is 0 Å². The standard InChI is InChI=1S/C59H114NO8P/c1-6-8-10-12-14-16-18-20-22-24-25-26-27-28-29-30-31-32-33-34-36-37-39-41-43-45-47-49-51-58(61)65-55-57(56-67-69(63,64)66-54-53-60(3,4)5)68-59(62)52-50-48-46-44-42-40-38-35-23-21-19-17-15-13-11-9-7-2/h15,17,21,23,57H,6-14,16,18-20,22,24-56H2,1-5H3/b17-15-,23-21-. The van der Waals surface area contributed by atoms with Crippen molar-refractivity contribution in [2.75, 3.05) is 47.5 Å². The molecule has 69 heavy (non-hydrogen) atoms. The van der Waals surface area contributed by atoms with Gasteiger partial charge < -0.3 is 27.9 Å². The topological polar surface area (TPSA) is 111 Å². The first-order valence-electron chi connectivity index (χ1n) is 29.5. The van der Waals surface area contributed by atoms with Gasteiger partial charge in [-0.05, 0) is 44.9 Å². The second-order valence-electron chi connectivity index (χ2n) is 21.4. The van der Waals surface area contributed by atoms with E-state index >= 15 is 0 Å². The SMILES string of the molecule is CCCCC/C=C\C/C=C\CCCCCCCCCC(=O)OC(COC(=O)CCCCCCCCCCCCCCCCCCCCCCCCCCCCCC)COP(=O)([O-])OCC[N+](C)(C)C. The molecular weight excluding hydrogens is 882 g/mol. The minimum atomic E-state index is -4.63. The summed E-state index contributed by atoms with van der Waals surface area (Å²) in [6, 6.07) is 0. The molecule has 0 aromatic carbocycles. The summed E-state index contributed by atoms with van der Waals surface area (Å²) < 4.78 is 34.1. The van der Waals surface area contributed by atoms with Gasteiger partial charge in [0, 0.05) is 12.8 Å². The van der Waals surface area contributed by atoms with Crippen LogP contribution in [-0.2, 0) is 32.7 Å². The van der Waals surface area contributed by atoms with Crippen LogP contribution in [0.25, 0.3) is 0 Å². The Morgan fingerprint density at radius 3 is 1.17 bits per heavy atom. The van der Waals surface area contributed by atoms with Crippen LogP contribution in [0.2, 0.25) is 0 Å². The highest BCUT2D eigenvalue weighted by Gasteiger charge is 2.22. The molecule has 0 fully saturated rings. The van der Waals surface area contributed by atoms with E-state index in [1.54, 1.807) is 0 Å². The molecule has 0 aromatic rings. The second-order valence-corrected chi connectivity index (χ2v) is 22.8. The molecule has 0 aliphatic carbocycles. The molecule has 2 atom stereocenters. The highest BCUT2D eigenvalue weighted by molar-refractivity contribution is 7.45. The third-order valence-corrected chi connectivity index (χ3v) is 14.2. The van der Waals surface area contributed by atoms with Crippen molar-refractivity contribution in [2.24, 2.45) is 0 Å². The lowest BCUT2D eigenvalue weighted by Gasteiger charge is -2.28. The predicted octanol–water partition coefficient (Wildman–Crippen LogP) is 17.6. The molecule has 0 radical (unpaired) electrons. The number of phosphoric acid groups is 1. The number of rotatable bonds is 55. The Hall–Kier alpha value is -1.51. The molecule has 0 amide bonds. The van der Waals surface area contributed by atoms with E-state index in [2.05, 4.69) is 38.2 Å². The van der Waals surface area contributed by atoms with E-state index in [0.717, 1.165) is 51.4 Å². The summed E-state index contributed by atoms with van der Waals surface area (Å²) >= 11 is 0. The maximum absolute atomic E-state index is 12.8. The third-order valence-electron chi connectivity index (χ3n) is 13.2. The summed E-state index contributed by atoms with van der Waals surface area (Å²) in [7, 11) is 1.17. The summed E-state index contributed by atoms with van der Waals surface area (Å²) in [6.07, 6.45) is 60.9. The van der Waals surface area contributed by atoms with Crippen LogP contribution in [0.1, 0.15) is 290 Å². The highest BCUT2D eigenvalue weighted by atomic mass is 31.2. The number of unbranched alkanes of at least 4 members (excludes halogenated alkanes) is 37. The van der Waals surface area contributed by atoms with Crippen LogP contribution in [0.5, 0.6) is 0 Å². The van der Waals surface area contributed by atoms with E-state index in [1.807, 2.05) is 21.1 Å². The molecule has 9 nitrogen and oxygen atoms in total. The molecule has 0 bridgehead atoms. The Kier molecular flexibility index (Phi) is 50.3. The molecular formula is C59H114NO8P. The number of esters is 2. The number of likely N-dealkylation sites (N-methyl/N-ethyl adjacent to an activating group) is 1. The van der Waals surface area contributed by atoms with Gasteiger partial charge in [-0.15, -0.1) is 0 Å². The van der Waals surface area contributed by atoms with Gasteiger partial charge in [0.15, 0.2) is 6.10 Å². The van der Waals surface area contributed by atoms with E-state index < -0.39 is 26.5 Å². The molecule has 2 unspecified atom stereocenters. The van der Waals surface area contributed by atoms with Crippen molar-refractivity contribution in [2.45, 2.75) is 296 Å². The maximum atomic E-state index is 12.8. The van der Waals surface area contributed by atoms with Crippen molar-refractivity contribution in [3.8, 4) is 0 Å². The van der Waals surface area contributed by atoms with Crippen molar-refractivity contribution < 1.29 is 42.1 Å². The Bertz CT molecular complexity index is 1220. The largest absolute Gasteiger partial charge is 0.756 e. The summed E-state index contributed by atoms with van der Waals surface area (Å²) in [5.41, 5.74) is 0. The number of phosphoric ester groups is 1. The molecule has 10 heteroatoms. The van der Waals surface area contributed by atoms with Crippen molar-refractivity contribution in [3.63, 3.8) is 0 Å². The Labute approximate surface area is 428 Å². The number of carbonyl (C=O) groups excluding carboxylic acids is 2. The summed E-state index contributed by atoms with van der Waals surface area (Å²) in [5.74, 6) is -0.827. The van der Waals surface area contributed by atoms with E-state index in [9.17, 15) is 19.0 Å². The Balaban J connectivity index is 4.06. The van der Waals surface area contributed by atoms with Gasteiger partial charge in [0.2, 0.25) is 0 Å². The van der Waals surface area contributed by atoms with Crippen molar-refractivity contribution >= 4 is 19.8 Å². The van der Waals surface area contributed by atoms with E-state index in [0.29, 0.717) is 17.4 Å². The predicted molar refractivity (Wildman–Crippen MR) is 291 cm³/mol. The van der Waals surface area contributed by atoms with E-state index in [1.165, 1.54) is 205 Å².